The van der Waals surface area contributed by atoms with Crippen LogP contribution in [0, 0.1) is 11.8 Å². The normalized spacial score (nSPS) is 17.1. The molecule has 0 radical (unpaired) electrons. The Bertz CT molecular complexity index is 706. The van der Waals surface area contributed by atoms with Crippen molar-refractivity contribution >= 4 is 43.7 Å². The van der Waals surface area contributed by atoms with Crippen LogP contribution in [0.15, 0.2) is 43.3 Å². The van der Waals surface area contributed by atoms with Crippen LogP contribution in [0.2, 0.25) is 0 Å². The van der Waals surface area contributed by atoms with Gasteiger partial charge in [-0.2, -0.15) is 0 Å². The zero-order valence-electron chi connectivity index (χ0n) is 13.1. The highest BCUT2D eigenvalue weighted by molar-refractivity contribution is 9.11. The molecule has 1 amide bonds. The predicted molar refractivity (Wildman–Crippen MR) is 94.7 cm³/mol. The minimum absolute atomic E-state index is 0.0522. The van der Waals surface area contributed by atoms with Gasteiger partial charge < -0.3 is 9.84 Å². The number of aliphatic carboxylic acids is 1. The molecule has 1 aliphatic heterocycles. The van der Waals surface area contributed by atoms with Crippen molar-refractivity contribution in [2.24, 2.45) is 22.1 Å². The zero-order chi connectivity index (χ0) is 17.9. The zero-order valence-corrected chi connectivity index (χ0v) is 16.3. The molecule has 0 spiro atoms. The molecule has 1 atom stereocenters. The molecule has 128 valence electrons. The van der Waals surface area contributed by atoms with Crippen LogP contribution in [0.4, 0.5) is 0 Å². The monoisotopic (exact) mass is 458 g/mol. The van der Waals surface area contributed by atoms with Gasteiger partial charge in [-0.3, -0.25) is 9.59 Å². The van der Waals surface area contributed by atoms with Crippen LogP contribution >= 0.6 is 31.9 Å². The first kappa shape index (κ1) is 18.8. The fraction of sp³-hybridized carbons (Fsp3) is 0.375. The van der Waals surface area contributed by atoms with Gasteiger partial charge in [0.05, 0.1) is 14.9 Å². The van der Waals surface area contributed by atoms with E-state index in [1.54, 1.807) is 18.2 Å². The van der Waals surface area contributed by atoms with Crippen molar-refractivity contribution in [1.82, 2.24) is 0 Å². The maximum atomic E-state index is 11.7. The summed E-state index contributed by atoms with van der Waals surface area (Å²) in [6, 6.07) is 3.60. The van der Waals surface area contributed by atoms with Crippen LogP contribution in [0.25, 0.3) is 0 Å². The third-order valence-corrected chi connectivity index (χ3v) is 4.64. The van der Waals surface area contributed by atoms with E-state index in [0.717, 1.165) is 5.56 Å². The number of hydrogen-bond acceptors (Lipinski definition) is 4. The molecule has 0 aromatic heterocycles. The van der Waals surface area contributed by atoms with Crippen molar-refractivity contribution < 1.29 is 19.4 Å². The number of hydrogen-bond donors (Lipinski definition) is 1. The minimum atomic E-state index is -0.847. The predicted octanol–water partition coefficient (Wildman–Crippen LogP) is 4.71. The van der Waals surface area contributed by atoms with Crippen LogP contribution in [0.5, 0.6) is 5.75 Å². The number of aryl methyl sites for hydroxylation is 1. The number of carboxylic acid groups (broad SMARTS) is 1. The van der Waals surface area contributed by atoms with Gasteiger partial charge in [-0.05, 0) is 68.0 Å². The maximum Gasteiger partial charge on any atom is 0.303 e. The van der Waals surface area contributed by atoms with Crippen LogP contribution in [0.1, 0.15) is 25.8 Å². The molecule has 1 aromatic rings. The average Bonchev–Trinajstić information content (AvgIpc) is 2.50. The summed E-state index contributed by atoms with van der Waals surface area (Å²) in [6.45, 7) is 3.86. The summed E-state index contributed by atoms with van der Waals surface area (Å²) in [4.78, 5) is 22.4. The topological polar surface area (TPSA) is 88.3 Å². The number of azo groups is 1. The summed E-state index contributed by atoms with van der Waals surface area (Å²) in [7, 11) is 0. The third kappa shape index (κ3) is 4.73. The van der Waals surface area contributed by atoms with Gasteiger partial charge >= 0.3 is 5.97 Å². The second-order valence-electron chi connectivity index (χ2n) is 5.70. The van der Waals surface area contributed by atoms with Gasteiger partial charge in [-0.25, -0.2) is 0 Å². The number of benzene rings is 1. The van der Waals surface area contributed by atoms with Crippen molar-refractivity contribution in [3.63, 3.8) is 0 Å². The van der Waals surface area contributed by atoms with Crippen LogP contribution in [0.3, 0.4) is 0 Å². The number of ether oxygens (including phenoxy) is 1. The number of halogens is 2. The van der Waals surface area contributed by atoms with Crippen molar-refractivity contribution in [3.05, 3.63) is 38.6 Å². The lowest BCUT2D eigenvalue weighted by atomic mass is 9.94. The van der Waals surface area contributed by atoms with Crippen LogP contribution in [-0.2, 0) is 16.0 Å². The molecule has 1 heterocycles. The Labute approximate surface area is 156 Å². The van der Waals surface area contributed by atoms with Gasteiger partial charge in [0.1, 0.15) is 0 Å². The summed E-state index contributed by atoms with van der Waals surface area (Å²) in [6.07, 6.45) is 2.13. The maximum absolute atomic E-state index is 11.7. The Balaban J connectivity index is 2.21. The van der Waals surface area contributed by atoms with Crippen LogP contribution < -0.4 is 4.74 Å². The first-order chi connectivity index (χ1) is 11.3. The molecule has 24 heavy (non-hydrogen) atoms. The summed E-state index contributed by atoms with van der Waals surface area (Å²) in [5.74, 6) is -0.631. The van der Waals surface area contributed by atoms with Crippen molar-refractivity contribution in [3.8, 4) is 5.75 Å². The fourth-order valence-electron chi connectivity index (χ4n) is 2.17. The number of nitrogens with zero attached hydrogens (tertiary/aromatic N) is 2. The highest BCUT2D eigenvalue weighted by Gasteiger charge is 2.25. The van der Waals surface area contributed by atoms with E-state index in [1.165, 1.54) is 0 Å². The third-order valence-electron chi connectivity index (χ3n) is 3.46. The Hall–Kier alpha value is -1.54. The number of rotatable bonds is 6. The van der Waals surface area contributed by atoms with E-state index in [0.29, 0.717) is 21.1 Å². The molecule has 0 fully saturated rings. The van der Waals surface area contributed by atoms with E-state index in [2.05, 4.69) is 42.1 Å². The molecule has 2 rings (SSSR count). The number of amides is 1. The quantitative estimate of drug-likeness (QED) is 0.666. The van der Waals surface area contributed by atoms with Crippen molar-refractivity contribution in [2.45, 2.75) is 26.7 Å². The standard InChI is InChI=1S/C16H16Br2N2O4/c1-8(2)10-7-13(19-20-16(10)23)24-15-11(17)5-9(6-12(15)18)3-4-14(21)22/h5-8,10H,3-4H2,1-2H3,(H,21,22). The van der Waals surface area contributed by atoms with Gasteiger partial charge in [-0.15, -0.1) is 10.2 Å². The summed E-state index contributed by atoms with van der Waals surface area (Å²) in [5.41, 5.74) is 0.859. The molecular weight excluding hydrogens is 444 g/mol. The molecular formula is C16H16Br2N2O4. The summed E-state index contributed by atoms with van der Waals surface area (Å²) in [5, 5.41) is 16.2. The highest BCUT2D eigenvalue weighted by atomic mass is 79.9. The molecule has 1 unspecified atom stereocenters. The molecule has 0 saturated carbocycles. The van der Waals surface area contributed by atoms with Gasteiger partial charge in [0.25, 0.3) is 5.91 Å². The fourth-order valence-corrected chi connectivity index (χ4v) is 3.61. The molecule has 0 saturated heterocycles. The highest BCUT2D eigenvalue weighted by Crippen LogP contribution is 2.37. The van der Waals surface area contributed by atoms with Gasteiger partial charge in [0, 0.05) is 6.42 Å². The second-order valence-corrected chi connectivity index (χ2v) is 7.41. The second kappa shape index (κ2) is 8.02. The first-order valence-corrected chi connectivity index (χ1v) is 8.91. The molecule has 6 nitrogen and oxygen atoms in total. The van der Waals surface area contributed by atoms with E-state index < -0.39 is 5.97 Å². The average molecular weight is 460 g/mol. The van der Waals surface area contributed by atoms with E-state index in [4.69, 9.17) is 9.84 Å². The molecule has 1 aliphatic rings. The number of carbonyl (C=O) groups excluding carboxylic acids is 1. The van der Waals surface area contributed by atoms with E-state index in [1.807, 2.05) is 13.8 Å². The lowest BCUT2D eigenvalue weighted by Crippen LogP contribution is -2.19. The van der Waals surface area contributed by atoms with Gasteiger partial charge in [-0.1, -0.05) is 13.8 Å². The molecule has 0 bridgehead atoms. The van der Waals surface area contributed by atoms with Crippen LogP contribution in [-0.4, -0.2) is 17.0 Å². The van der Waals surface area contributed by atoms with Gasteiger partial charge in [0.2, 0.25) is 5.88 Å². The van der Waals surface area contributed by atoms with E-state index >= 15 is 0 Å². The van der Waals surface area contributed by atoms with Crippen molar-refractivity contribution in [2.75, 3.05) is 0 Å². The largest absolute Gasteiger partial charge is 0.481 e. The number of carbonyl (C=O) groups is 2. The SMILES string of the molecule is CC(C)C1C=C(Oc2c(Br)cc(CCC(=O)O)cc2Br)N=NC1=O. The number of carboxylic acids is 1. The summed E-state index contributed by atoms with van der Waals surface area (Å²) < 4.78 is 7.08. The molecule has 0 aliphatic carbocycles. The molecule has 1 aromatic carbocycles. The lowest BCUT2D eigenvalue weighted by molar-refractivity contribution is -0.137. The van der Waals surface area contributed by atoms with Crippen molar-refractivity contribution in [1.29, 1.82) is 0 Å². The smallest absolute Gasteiger partial charge is 0.303 e. The molecule has 8 heteroatoms. The minimum Gasteiger partial charge on any atom is -0.481 e. The van der Waals surface area contributed by atoms with E-state index in [-0.39, 0.29) is 30.0 Å². The van der Waals surface area contributed by atoms with E-state index in [9.17, 15) is 9.59 Å². The Morgan fingerprint density at radius 3 is 2.46 bits per heavy atom. The van der Waals surface area contributed by atoms with Gasteiger partial charge in [0.15, 0.2) is 5.75 Å². The molecule has 1 N–H and O–H groups in total. The Kier molecular flexibility index (Phi) is 6.28. The lowest BCUT2D eigenvalue weighted by Gasteiger charge is -2.18. The summed E-state index contributed by atoms with van der Waals surface area (Å²) >= 11 is 6.84. The Morgan fingerprint density at radius 2 is 1.92 bits per heavy atom. The Morgan fingerprint density at radius 1 is 1.29 bits per heavy atom. The first-order valence-electron chi connectivity index (χ1n) is 7.33.